The highest BCUT2D eigenvalue weighted by Crippen LogP contribution is 2.13. The summed E-state index contributed by atoms with van der Waals surface area (Å²) in [7, 11) is 0. The Morgan fingerprint density at radius 2 is 2.14 bits per heavy atom. The maximum atomic E-state index is 11.6. The zero-order valence-corrected chi connectivity index (χ0v) is 11.1. The van der Waals surface area contributed by atoms with Crippen molar-refractivity contribution in [1.82, 2.24) is 10.3 Å². The number of nitro benzene ring substituents is 1. The van der Waals surface area contributed by atoms with Gasteiger partial charge in [0.2, 0.25) is 5.91 Å². The van der Waals surface area contributed by atoms with E-state index in [-0.39, 0.29) is 11.6 Å². The van der Waals surface area contributed by atoms with E-state index in [1.54, 1.807) is 24.4 Å². The van der Waals surface area contributed by atoms with Crippen molar-refractivity contribution < 1.29 is 9.72 Å². The number of benzene rings is 1. The minimum Gasteiger partial charge on any atom is -0.347 e. The van der Waals surface area contributed by atoms with Crippen LogP contribution in [0.25, 0.3) is 6.08 Å². The highest BCUT2D eigenvalue weighted by molar-refractivity contribution is 5.91. The number of pyridine rings is 1. The van der Waals surface area contributed by atoms with Gasteiger partial charge in [-0.25, -0.2) is 0 Å². The van der Waals surface area contributed by atoms with Gasteiger partial charge in [-0.15, -0.1) is 0 Å². The number of nitrogens with zero attached hydrogens (tertiary/aromatic N) is 2. The Morgan fingerprint density at radius 1 is 1.29 bits per heavy atom. The number of aromatic nitrogens is 1. The highest BCUT2D eigenvalue weighted by atomic mass is 16.6. The fourth-order valence-corrected chi connectivity index (χ4v) is 1.65. The van der Waals surface area contributed by atoms with Gasteiger partial charge in [-0.3, -0.25) is 19.9 Å². The molecule has 0 bridgehead atoms. The van der Waals surface area contributed by atoms with Crippen molar-refractivity contribution in [3.05, 3.63) is 76.1 Å². The summed E-state index contributed by atoms with van der Waals surface area (Å²) in [6.07, 6.45) is 4.52. The van der Waals surface area contributed by atoms with E-state index in [2.05, 4.69) is 10.3 Å². The molecule has 21 heavy (non-hydrogen) atoms. The summed E-state index contributed by atoms with van der Waals surface area (Å²) in [6.45, 7) is 0.332. The third-order valence-electron chi connectivity index (χ3n) is 2.68. The summed E-state index contributed by atoms with van der Waals surface area (Å²) in [4.78, 5) is 25.9. The van der Waals surface area contributed by atoms with E-state index in [9.17, 15) is 14.9 Å². The second-order valence-electron chi connectivity index (χ2n) is 4.22. The molecule has 6 heteroatoms. The molecule has 0 aliphatic heterocycles. The monoisotopic (exact) mass is 283 g/mol. The smallest absolute Gasteiger partial charge is 0.270 e. The van der Waals surface area contributed by atoms with Gasteiger partial charge in [-0.2, -0.15) is 0 Å². The van der Waals surface area contributed by atoms with Crippen molar-refractivity contribution in [1.29, 1.82) is 0 Å². The summed E-state index contributed by atoms with van der Waals surface area (Å²) in [6, 6.07) is 11.5. The van der Waals surface area contributed by atoms with E-state index in [1.165, 1.54) is 24.3 Å². The van der Waals surface area contributed by atoms with Crippen LogP contribution in [0.3, 0.4) is 0 Å². The molecule has 1 aromatic heterocycles. The Morgan fingerprint density at radius 3 is 2.86 bits per heavy atom. The van der Waals surface area contributed by atoms with Gasteiger partial charge in [0.05, 0.1) is 17.2 Å². The standard InChI is InChI=1S/C15H13N3O3/c19-15(17-11-13-5-1-2-9-16-13)8-7-12-4-3-6-14(10-12)18(20)21/h1-10H,11H2,(H,17,19)/b8-7+. The number of amides is 1. The minimum atomic E-state index is -0.474. The van der Waals surface area contributed by atoms with Gasteiger partial charge in [0.15, 0.2) is 0 Å². The highest BCUT2D eigenvalue weighted by Gasteiger charge is 2.04. The molecule has 106 valence electrons. The molecule has 0 atom stereocenters. The second kappa shape index (κ2) is 6.95. The normalized spacial score (nSPS) is 10.5. The predicted octanol–water partition coefficient (Wildman–Crippen LogP) is 2.32. The molecule has 0 radical (unpaired) electrons. The first-order valence-corrected chi connectivity index (χ1v) is 6.25. The van der Waals surface area contributed by atoms with Gasteiger partial charge in [0, 0.05) is 24.4 Å². The molecule has 0 saturated heterocycles. The number of hydrogen-bond donors (Lipinski definition) is 1. The summed E-state index contributed by atoms with van der Waals surface area (Å²) < 4.78 is 0. The Bertz CT molecular complexity index is 669. The average molecular weight is 283 g/mol. The van der Waals surface area contributed by atoms with Crippen LogP contribution in [0, 0.1) is 10.1 Å². The largest absolute Gasteiger partial charge is 0.347 e. The Hall–Kier alpha value is -3.02. The molecular formula is C15H13N3O3. The minimum absolute atomic E-state index is 0.00829. The van der Waals surface area contributed by atoms with Crippen LogP contribution in [0.5, 0.6) is 0 Å². The number of carbonyl (C=O) groups excluding carboxylic acids is 1. The van der Waals surface area contributed by atoms with E-state index < -0.39 is 4.92 Å². The lowest BCUT2D eigenvalue weighted by Gasteiger charge is -2.01. The molecule has 1 aromatic carbocycles. The SMILES string of the molecule is O=C(/C=C/c1cccc([N+](=O)[O-])c1)NCc1ccccn1. The molecule has 2 rings (SSSR count). The Kier molecular flexibility index (Phi) is 4.76. The summed E-state index contributed by atoms with van der Waals surface area (Å²) in [5.74, 6) is -0.285. The molecule has 1 heterocycles. The van der Waals surface area contributed by atoms with Crippen LogP contribution < -0.4 is 5.32 Å². The fraction of sp³-hybridized carbons (Fsp3) is 0.0667. The predicted molar refractivity (Wildman–Crippen MR) is 78.2 cm³/mol. The van der Waals surface area contributed by atoms with E-state index in [1.807, 2.05) is 12.1 Å². The third kappa shape index (κ3) is 4.54. The molecule has 0 saturated carbocycles. The maximum absolute atomic E-state index is 11.6. The first-order chi connectivity index (χ1) is 10.1. The molecule has 0 fully saturated rings. The van der Waals surface area contributed by atoms with Gasteiger partial charge in [-0.1, -0.05) is 18.2 Å². The van der Waals surface area contributed by atoms with Crippen molar-refractivity contribution >= 4 is 17.7 Å². The van der Waals surface area contributed by atoms with Crippen molar-refractivity contribution in [2.45, 2.75) is 6.54 Å². The van der Waals surface area contributed by atoms with E-state index in [0.29, 0.717) is 12.1 Å². The van der Waals surface area contributed by atoms with Gasteiger partial charge in [0.1, 0.15) is 0 Å². The van der Waals surface area contributed by atoms with E-state index in [0.717, 1.165) is 5.69 Å². The zero-order valence-electron chi connectivity index (χ0n) is 11.1. The number of hydrogen-bond acceptors (Lipinski definition) is 4. The molecule has 0 aliphatic carbocycles. The maximum Gasteiger partial charge on any atom is 0.270 e. The molecule has 0 aliphatic rings. The van der Waals surface area contributed by atoms with Crippen LogP contribution in [0.4, 0.5) is 5.69 Å². The van der Waals surface area contributed by atoms with Crippen LogP contribution in [0.2, 0.25) is 0 Å². The van der Waals surface area contributed by atoms with Gasteiger partial charge in [-0.05, 0) is 23.8 Å². The number of rotatable bonds is 5. The van der Waals surface area contributed by atoms with Crippen molar-refractivity contribution in [3.8, 4) is 0 Å². The van der Waals surface area contributed by atoms with Crippen LogP contribution in [-0.4, -0.2) is 15.8 Å². The third-order valence-corrected chi connectivity index (χ3v) is 2.68. The van der Waals surface area contributed by atoms with Crippen LogP contribution >= 0.6 is 0 Å². The summed E-state index contributed by atoms with van der Waals surface area (Å²) in [5.41, 5.74) is 1.35. The number of nitrogens with one attached hydrogen (secondary N) is 1. The van der Waals surface area contributed by atoms with E-state index >= 15 is 0 Å². The zero-order chi connectivity index (χ0) is 15.1. The average Bonchev–Trinajstić information content (AvgIpc) is 2.52. The van der Waals surface area contributed by atoms with Crippen LogP contribution in [0.1, 0.15) is 11.3 Å². The van der Waals surface area contributed by atoms with Crippen LogP contribution in [0.15, 0.2) is 54.7 Å². The molecule has 0 unspecified atom stereocenters. The Balaban J connectivity index is 1.93. The second-order valence-corrected chi connectivity index (χ2v) is 4.22. The number of carbonyl (C=O) groups is 1. The van der Waals surface area contributed by atoms with Gasteiger partial charge >= 0.3 is 0 Å². The molecular weight excluding hydrogens is 270 g/mol. The lowest BCUT2D eigenvalue weighted by atomic mass is 10.2. The molecule has 2 aromatic rings. The van der Waals surface area contributed by atoms with Crippen LogP contribution in [-0.2, 0) is 11.3 Å². The van der Waals surface area contributed by atoms with Crippen molar-refractivity contribution in [3.63, 3.8) is 0 Å². The van der Waals surface area contributed by atoms with E-state index in [4.69, 9.17) is 0 Å². The lowest BCUT2D eigenvalue weighted by Crippen LogP contribution is -2.20. The fourth-order valence-electron chi connectivity index (χ4n) is 1.65. The molecule has 0 spiro atoms. The first-order valence-electron chi connectivity index (χ1n) is 6.25. The quantitative estimate of drug-likeness (QED) is 0.518. The summed E-state index contributed by atoms with van der Waals surface area (Å²) in [5, 5.41) is 13.3. The molecule has 6 nitrogen and oxygen atoms in total. The van der Waals surface area contributed by atoms with Crippen molar-refractivity contribution in [2.75, 3.05) is 0 Å². The molecule has 1 amide bonds. The van der Waals surface area contributed by atoms with Gasteiger partial charge in [0.25, 0.3) is 5.69 Å². The lowest BCUT2D eigenvalue weighted by molar-refractivity contribution is -0.384. The number of non-ortho nitro benzene ring substituents is 1. The molecule has 1 N–H and O–H groups in total. The first kappa shape index (κ1) is 14.4. The Labute approximate surface area is 121 Å². The number of nitro groups is 1. The van der Waals surface area contributed by atoms with Crippen molar-refractivity contribution in [2.24, 2.45) is 0 Å². The topological polar surface area (TPSA) is 85.1 Å². The van der Waals surface area contributed by atoms with Gasteiger partial charge < -0.3 is 5.32 Å². The summed E-state index contributed by atoms with van der Waals surface area (Å²) >= 11 is 0.